The van der Waals surface area contributed by atoms with Crippen LogP contribution in [0.3, 0.4) is 0 Å². The van der Waals surface area contributed by atoms with Gasteiger partial charge in [-0.2, -0.15) is 15.0 Å². The van der Waals surface area contributed by atoms with Gasteiger partial charge in [0.15, 0.2) is 0 Å². The van der Waals surface area contributed by atoms with Crippen LogP contribution >= 0.6 is 11.6 Å². The molecular formula is C11H17ClN4O. The molecule has 1 aromatic heterocycles. The smallest absolute Gasteiger partial charge is 0.322 e. The number of rotatable bonds is 4. The molecule has 1 aliphatic carbocycles. The lowest BCUT2D eigenvalue weighted by atomic mass is 9.96. The summed E-state index contributed by atoms with van der Waals surface area (Å²) in [5.41, 5.74) is 0. The molecule has 1 heterocycles. The van der Waals surface area contributed by atoms with Gasteiger partial charge in [-0.3, -0.25) is 0 Å². The minimum atomic E-state index is 0.168. The monoisotopic (exact) mass is 256 g/mol. The van der Waals surface area contributed by atoms with Crippen LogP contribution in [0.15, 0.2) is 0 Å². The topological polar surface area (TPSA) is 59.9 Å². The molecule has 1 saturated carbocycles. The van der Waals surface area contributed by atoms with Crippen molar-refractivity contribution in [3.05, 3.63) is 5.28 Å². The van der Waals surface area contributed by atoms with Crippen molar-refractivity contribution in [2.45, 2.75) is 45.1 Å². The zero-order chi connectivity index (χ0) is 12.1. The number of ether oxygens (including phenoxy) is 1. The van der Waals surface area contributed by atoms with E-state index in [0.717, 1.165) is 12.8 Å². The number of aromatic nitrogens is 3. The van der Waals surface area contributed by atoms with Gasteiger partial charge < -0.3 is 10.1 Å². The van der Waals surface area contributed by atoms with Crippen LogP contribution in [0.5, 0.6) is 6.01 Å². The van der Waals surface area contributed by atoms with Gasteiger partial charge >= 0.3 is 6.01 Å². The van der Waals surface area contributed by atoms with Crippen molar-refractivity contribution < 1.29 is 4.74 Å². The lowest BCUT2D eigenvalue weighted by Gasteiger charge is -2.22. The normalized spacial score (nSPS) is 16.8. The zero-order valence-electron chi connectivity index (χ0n) is 9.95. The minimum Gasteiger partial charge on any atom is -0.464 e. The van der Waals surface area contributed by atoms with Crippen molar-refractivity contribution >= 4 is 17.5 Å². The lowest BCUT2D eigenvalue weighted by Crippen LogP contribution is -2.23. The third-order valence-corrected chi connectivity index (χ3v) is 2.97. The van der Waals surface area contributed by atoms with E-state index in [9.17, 15) is 0 Å². The van der Waals surface area contributed by atoms with Crippen molar-refractivity contribution in [2.75, 3.05) is 11.9 Å². The maximum Gasteiger partial charge on any atom is 0.322 e. The second-order valence-corrected chi connectivity index (χ2v) is 4.46. The molecule has 1 aromatic rings. The van der Waals surface area contributed by atoms with Crippen LogP contribution < -0.4 is 10.1 Å². The number of nitrogens with zero attached hydrogens (tertiary/aromatic N) is 3. The maximum absolute atomic E-state index is 5.82. The summed E-state index contributed by atoms with van der Waals surface area (Å²) >= 11 is 5.82. The van der Waals surface area contributed by atoms with Crippen LogP contribution in [0.25, 0.3) is 0 Å². The Morgan fingerprint density at radius 1 is 1.24 bits per heavy atom. The highest BCUT2D eigenvalue weighted by atomic mass is 35.5. The first-order valence-corrected chi connectivity index (χ1v) is 6.46. The van der Waals surface area contributed by atoms with E-state index >= 15 is 0 Å². The number of halogens is 1. The SMILES string of the molecule is CCOc1nc(Cl)nc(NC2CCCCC2)n1. The molecule has 94 valence electrons. The zero-order valence-corrected chi connectivity index (χ0v) is 10.7. The average molecular weight is 257 g/mol. The molecule has 0 amide bonds. The van der Waals surface area contributed by atoms with Gasteiger partial charge in [-0.25, -0.2) is 0 Å². The molecule has 1 fully saturated rings. The van der Waals surface area contributed by atoms with Gasteiger partial charge in [0.25, 0.3) is 0 Å². The molecular weight excluding hydrogens is 240 g/mol. The number of anilines is 1. The summed E-state index contributed by atoms with van der Waals surface area (Å²) in [6.45, 7) is 2.40. The van der Waals surface area contributed by atoms with Gasteiger partial charge in [0.2, 0.25) is 11.2 Å². The molecule has 0 aliphatic heterocycles. The average Bonchev–Trinajstić information content (AvgIpc) is 2.30. The van der Waals surface area contributed by atoms with E-state index < -0.39 is 0 Å². The van der Waals surface area contributed by atoms with Gasteiger partial charge in [0, 0.05) is 6.04 Å². The van der Waals surface area contributed by atoms with E-state index in [0.29, 0.717) is 18.6 Å². The summed E-state index contributed by atoms with van der Waals surface area (Å²) in [6, 6.07) is 0.725. The number of nitrogens with one attached hydrogen (secondary N) is 1. The Balaban J connectivity index is 2.03. The second-order valence-electron chi connectivity index (χ2n) is 4.12. The first-order valence-electron chi connectivity index (χ1n) is 6.09. The fourth-order valence-corrected chi connectivity index (χ4v) is 2.17. The summed E-state index contributed by atoms with van der Waals surface area (Å²) in [5.74, 6) is 0.514. The predicted octanol–water partition coefficient (Wildman–Crippen LogP) is 2.67. The Kier molecular flexibility index (Phi) is 4.36. The Morgan fingerprint density at radius 3 is 2.71 bits per heavy atom. The molecule has 17 heavy (non-hydrogen) atoms. The Hall–Kier alpha value is -1.10. The van der Waals surface area contributed by atoms with E-state index in [1.54, 1.807) is 0 Å². The summed E-state index contributed by atoms with van der Waals surface area (Å²) < 4.78 is 5.23. The Bertz CT molecular complexity index is 368. The molecule has 0 bridgehead atoms. The van der Waals surface area contributed by atoms with Crippen molar-refractivity contribution in [3.63, 3.8) is 0 Å². The molecule has 6 heteroatoms. The molecule has 5 nitrogen and oxygen atoms in total. The summed E-state index contributed by atoms with van der Waals surface area (Å²) in [5, 5.41) is 3.46. The highest BCUT2D eigenvalue weighted by molar-refractivity contribution is 6.28. The lowest BCUT2D eigenvalue weighted by molar-refractivity contribution is 0.311. The molecule has 0 saturated heterocycles. The predicted molar refractivity (Wildman–Crippen MR) is 66.5 cm³/mol. The van der Waals surface area contributed by atoms with Crippen molar-refractivity contribution in [1.82, 2.24) is 15.0 Å². The van der Waals surface area contributed by atoms with Crippen molar-refractivity contribution in [2.24, 2.45) is 0 Å². The number of hydrogen-bond donors (Lipinski definition) is 1. The standard InChI is InChI=1S/C11H17ClN4O/c1-2-17-11-15-9(12)14-10(16-11)13-8-6-4-3-5-7-8/h8H,2-7H2,1H3,(H,13,14,15,16). The van der Waals surface area contributed by atoms with Crippen LogP contribution in [0.4, 0.5) is 5.95 Å². The summed E-state index contributed by atoms with van der Waals surface area (Å²) in [7, 11) is 0. The van der Waals surface area contributed by atoms with E-state index in [-0.39, 0.29) is 11.3 Å². The molecule has 0 spiro atoms. The second kappa shape index (κ2) is 6.00. The molecule has 0 aromatic carbocycles. The quantitative estimate of drug-likeness (QED) is 0.898. The summed E-state index contributed by atoms with van der Waals surface area (Å²) in [6.07, 6.45) is 6.16. The van der Waals surface area contributed by atoms with Crippen LogP contribution in [0.2, 0.25) is 5.28 Å². The molecule has 1 aliphatic rings. The molecule has 1 N–H and O–H groups in total. The van der Waals surface area contributed by atoms with Crippen molar-refractivity contribution in [1.29, 1.82) is 0 Å². The Labute approximate surface area is 106 Å². The highest BCUT2D eigenvalue weighted by Crippen LogP contribution is 2.21. The van der Waals surface area contributed by atoms with E-state index in [1.807, 2.05) is 6.92 Å². The van der Waals surface area contributed by atoms with Gasteiger partial charge in [-0.15, -0.1) is 0 Å². The van der Waals surface area contributed by atoms with Gasteiger partial charge in [0.1, 0.15) is 0 Å². The summed E-state index contributed by atoms with van der Waals surface area (Å²) in [4.78, 5) is 12.1. The molecule has 2 rings (SSSR count). The van der Waals surface area contributed by atoms with Crippen LogP contribution in [0, 0.1) is 0 Å². The van der Waals surface area contributed by atoms with Crippen LogP contribution in [-0.4, -0.2) is 27.6 Å². The van der Waals surface area contributed by atoms with Gasteiger partial charge in [-0.05, 0) is 31.4 Å². The van der Waals surface area contributed by atoms with Gasteiger partial charge in [0.05, 0.1) is 6.61 Å². The first-order chi connectivity index (χ1) is 8.28. The third-order valence-electron chi connectivity index (χ3n) is 2.80. The molecule has 0 atom stereocenters. The maximum atomic E-state index is 5.82. The fourth-order valence-electron chi connectivity index (χ4n) is 2.02. The van der Waals surface area contributed by atoms with Crippen LogP contribution in [0.1, 0.15) is 39.0 Å². The fraction of sp³-hybridized carbons (Fsp3) is 0.727. The van der Waals surface area contributed by atoms with E-state index in [2.05, 4.69) is 20.3 Å². The van der Waals surface area contributed by atoms with Crippen molar-refractivity contribution in [3.8, 4) is 6.01 Å². The third kappa shape index (κ3) is 3.70. The molecule has 0 unspecified atom stereocenters. The molecule has 0 radical (unpaired) electrons. The number of hydrogen-bond acceptors (Lipinski definition) is 5. The van der Waals surface area contributed by atoms with Gasteiger partial charge in [-0.1, -0.05) is 19.3 Å². The first kappa shape index (κ1) is 12.4. The Morgan fingerprint density at radius 2 is 2.00 bits per heavy atom. The van der Waals surface area contributed by atoms with E-state index in [1.165, 1.54) is 19.3 Å². The van der Waals surface area contributed by atoms with E-state index in [4.69, 9.17) is 16.3 Å². The minimum absolute atomic E-state index is 0.168. The largest absolute Gasteiger partial charge is 0.464 e. The van der Waals surface area contributed by atoms with Crippen LogP contribution in [-0.2, 0) is 0 Å². The highest BCUT2D eigenvalue weighted by Gasteiger charge is 2.15.